The van der Waals surface area contributed by atoms with Crippen LogP contribution >= 0.6 is 46.4 Å². The van der Waals surface area contributed by atoms with Crippen LogP contribution in [0.1, 0.15) is 0 Å². The fourth-order valence-corrected chi connectivity index (χ4v) is 2.55. The summed E-state index contributed by atoms with van der Waals surface area (Å²) in [6.45, 7) is -0.203. The maximum atomic E-state index is 11.8. The van der Waals surface area contributed by atoms with E-state index in [1.807, 2.05) is 0 Å². The predicted octanol–water partition coefficient (Wildman–Crippen LogP) is 5.32. The Hall–Kier alpha value is -1.13. The van der Waals surface area contributed by atoms with Crippen LogP contribution in [0.5, 0.6) is 5.75 Å². The molecule has 2 aromatic carbocycles. The second kappa shape index (κ2) is 7.23. The van der Waals surface area contributed by atoms with Gasteiger partial charge in [-0.05, 0) is 36.4 Å². The topological polar surface area (TPSA) is 38.3 Å². The summed E-state index contributed by atoms with van der Waals surface area (Å²) in [6, 6.07) is 9.49. The Bertz CT molecular complexity index is 656. The first-order valence-electron chi connectivity index (χ1n) is 5.78. The highest BCUT2D eigenvalue weighted by atomic mass is 35.5. The van der Waals surface area contributed by atoms with Crippen molar-refractivity contribution in [3.63, 3.8) is 0 Å². The molecule has 1 N–H and O–H groups in total. The van der Waals surface area contributed by atoms with Gasteiger partial charge in [0.1, 0.15) is 5.75 Å². The third kappa shape index (κ3) is 4.97. The van der Waals surface area contributed by atoms with Crippen molar-refractivity contribution in [2.75, 3.05) is 11.9 Å². The van der Waals surface area contributed by atoms with E-state index in [0.717, 1.165) is 0 Å². The molecule has 2 aromatic rings. The van der Waals surface area contributed by atoms with Crippen molar-refractivity contribution in [2.24, 2.45) is 0 Å². The van der Waals surface area contributed by atoms with Crippen LogP contribution in [0.15, 0.2) is 36.4 Å². The van der Waals surface area contributed by atoms with Gasteiger partial charge in [-0.1, -0.05) is 46.4 Å². The minimum absolute atomic E-state index is 0.203. The number of carbonyl (C=O) groups is 1. The second-order valence-electron chi connectivity index (χ2n) is 4.07. The van der Waals surface area contributed by atoms with Gasteiger partial charge in [0, 0.05) is 20.8 Å². The molecule has 1 amide bonds. The van der Waals surface area contributed by atoms with Gasteiger partial charge < -0.3 is 10.1 Å². The standard InChI is InChI=1S/C14H9Cl4NO2/c15-8-1-2-13(12(18)6-8)21-7-14(20)19-11-4-9(16)3-10(17)5-11/h1-6H,7H2,(H,19,20). The molecule has 2 rings (SSSR count). The molecule has 0 aliphatic rings. The van der Waals surface area contributed by atoms with E-state index in [1.54, 1.807) is 30.3 Å². The fourth-order valence-electron chi connectivity index (χ4n) is 1.56. The molecule has 0 bridgehead atoms. The average Bonchev–Trinajstić information content (AvgIpc) is 2.36. The molecule has 0 saturated heterocycles. The molecular weight excluding hydrogens is 356 g/mol. The summed E-state index contributed by atoms with van der Waals surface area (Å²) in [4.78, 5) is 11.8. The molecule has 0 unspecified atom stereocenters. The molecule has 0 saturated carbocycles. The molecule has 3 nitrogen and oxygen atoms in total. The van der Waals surface area contributed by atoms with Crippen LogP contribution in [0, 0.1) is 0 Å². The number of ether oxygens (including phenoxy) is 1. The van der Waals surface area contributed by atoms with E-state index in [0.29, 0.717) is 31.5 Å². The van der Waals surface area contributed by atoms with Crippen LogP contribution in [0.4, 0.5) is 5.69 Å². The smallest absolute Gasteiger partial charge is 0.262 e. The van der Waals surface area contributed by atoms with Crippen LogP contribution in [-0.4, -0.2) is 12.5 Å². The Labute approximate surface area is 141 Å². The molecule has 0 spiro atoms. The summed E-state index contributed by atoms with van der Waals surface area (Å²) in [5.41, 5.74) is 0.489. The molecule has 110 valence electrons. The largest absolute Gasteiger partial charge is 0.482 e. The number of anilines is 1. The lowest BCUT2D eigenvalue weighted by Gasteiger charge is -2.09. The van der Waals surface area contributed by atoms with Crippen LogP contribution in [-0.2, 0) is 4.79 Å². The second-order valence-corrected chi connectivity index (χ2v) is 5.79. The molecule has 0 radical (unpaired) electrons. The summed E-state index contributed by atoms with van der Waals surface area (Å²) in [5.74, 6) is 0.0136. The summed E-state index contributed by atoms with van der Waals surface area (Å²) in [6.07, 6.45) is 0. The van der Waals surface area contributed by atoms with Crippen molar-refractivity contribution in [1.82, 2.24) is 0 Å². The van der Waals surface area contributed by atoms with Gasteiger partial charge in [-0.3, -0.25) is 4.79 Å². The minimum Gasteiger partial charge on any atom is -0.482 e. The van der Waals surface area contributed by atoms with E-state index in [9.17, 15) is 4.79 Å². The van der Waals surface area contributed by atoms with Gasteiger partial charge in [-0.15, -0.1) is 0 Å². The third-order valence-corrected chi connectivity index (χ3v) is 3.37. The third-order valence-electron chi connectivity index (χ3n) is 2.40. The quantitative estimate of drug-likeness (QED) is 0.797. The first-order chi connectivity index (χ1) is 9.94. The van der Waals surface area contributed by atoms with Crippen LogP contribution in [0.3, 0.4) is 0 Å². The molecular formula is C14H9Cl4NO2. The molecule has 7 heteroatoms. The van der Waals surface area contributed by atoms with E-state index < -0.39 is 0 Å². The van der Waals surface area contributed by atoms with Crippen LogP contribution in [0.2, 0.25) is 20.1 Å². The highest BCUT2D eigenvalue weighted by Gasteiger charge is 2.08. The SMILES string of the molecule is O=C(COc1ccc(Cl)cc1Cl)Nc1cc(Cl)cc(Cl)c1. The van der Waals surface area contributed by atoms with Gasteiger partial charge in [-0.25, -0.2) is 0 Å². The number of amides is 1. The molecule has 0 aliphatic carbocycles. The maximum absolute atomic E-state index is 11.8. The van der Waals surface area contributed by atoms with Gasteiger partial charge in [0.25, 0.3) is 5.91 Å². The Kier molecular flexibility index (Phi) is 5.59. The zero-order chi connectivity index (χ0) is 15.4. The van der Waals surface area contributed by atoms with Crippen molar-refractivity contribution < 1.29 is 9.53 Å². The summed E-state index contributed by atoms with van der Waals surface area (Å²) in [7, 11) is 0. The minimum atomic E-state index is -0.362. The highest BCUT2D eigenvalue weighted by molar-refractivity contribution is 6.36. The van der Waals surface area contributed by atoms with Gasteiger partial charge in [0.2, 0.25) is 0 Å². The molecule has 0 atom stereocenters. The van der Waals surface area contributed by atoms with E-state index in [1.165, 1.54) is 6.07 Å². The van der Waals surface area contributed by atoms with Crippen molar-refractivity contribution >= 4 is 58.0 Å². The predicted molar refractivity (Wildman–Crippen MR) is 87.0 cm³/mol. The van der Waals surface area contributed by atoms with E-state index in [4.69, 9.17) is 51.1 Å². The van der Waals surface area contributed by atoms with Crippen LogP contribution in [0.25, 0.3) is 0 Å². The van der Waals surface area contributed by atoms with E-state index in [-0.39, 0.29) is 12.5 Å². The summed E-state index contributed by atoms with van der Waals surface area (Å²) >= 11 is 23.4. The van der Waals surface area contributed by atoms with Crippen molar-refractivity contribution in [1.29, 1.82) is 0 Å². The van der Waals surface area contributed by atoms with Gasteiger partial charge in [0.15, 0.2) is 6.61 Å². The Balaban J connectivity index is 1.95. The zero-order valence-corrected chi connectivity index (χ0v) is 13.5. The average molecular weight is 365 g/mol. The van der Waals surface area contributed by atoms with Crippen molar-refractivity contribution in [2.45, 2.75) is 0 Å². The molecule has 0 fully saturated rings. The van der Waals surface area contributed by atoms with Gasteiger partial charge in [-0.2, -0.15) is 0 Å². The monoisotopic (exact) mass is 363 g/mol. The van der Waals surface area contributed by atoms with E-state index >= 15 is 0 Å². The molecule has 0 aromatic heterocycles. The number of nitrogens with one attached hydrogen (secondary N) is 1. The summed E-state index contributed by atoms with van der Waals surface area (Å²) in [5, 5.41) is 4.31. The Morgan fingerprint density at radius 2 is 1.62 bits per heavy atom. The Morgan fingerprint density at radius 3 is 2.24 bits per heavy atom. The van der Waals surface area contributed by atoms with Crippen LogP contribution < -0.4 is 10.1 Å². The number of carbonyl (C=O) groups excluding carboxylic acids is 1. The van der Waals surface area contributed by atoms with Gasteiger partial charge >= 0.3 is 0 Å². The molecule has 21 heavy (non-hydrogen) atoms. The zero-order valence-electron chi connectivity index (χ0n) is 10.5. The molecule has 0 heterocycles. The van der Waals surface area contributed by atoms with Crippen molar-refractivity contribution in [3.8, 4) is 5.75 Å². The summed E-state index contributed by atoms with van der Waals surface area (Å²) < 4.78 is 5.32. The fraction of sp³-hybridized carbons (Fsp3) is 0.0714. The van der Waals surface area contributed by atoms with E-state index in [2.05, 4.69) is 5.32 Å². The Morgan fingerprint density at radius 1 is 0.952 bits per heavy atom. The number of halogens is 4. The first-order valence-corrected chi connectivity index (χ1v) is 7.29. The lowest BCUT2D eigenvalue weighted by Crippen LogP contribution is -2.20. The lowest BCUT2D eigenvalue weighted by atomic mass is 10.3. The van der Waals surface area contributed by atoms with Crippen molar-refractivity contribution in [3.05, 3.63) is 56.5 Å². The normalized spacial score (nSPS) is 10.3. The number of benzene rings is 2. The number of rotatable bonds is 4. The van der Waals surface area contributed by atoms with Gasteiger partial charge in [0.05, 0.1) is 5.02 Å². The number of hydrogen-bond donors (Lipinski definition) is 1. The first kappa shape index (κ1) is 16.2. The maximum Gasteiger partial charge on any atom is 0.262 e. The highest BCUT2D eigenvalue weighted by Crippen LogP contribution is 2.27. The lowest BCUT2D eigenvalue weighted by molar-refractivity contribution is -0.118. The molecule has 0 aliphatic heterocycles. The number of hydrogen-bond acceptors (Lipinski definition) is 2.